The van der Waals surface area contributed by atoms with Gasteiger partial charge in [-0.1, -0.05) is 5.21 Å². The van der Waals surface area contributed by atoms with E-state index in [-0.39, 0.29) is 5.69 Å². The van der Waals surface area contributed by atoms with Gasteiger partial charge in [-0.3, -0.25) is 14.3 Å². The molecule has 0 spiro atoms. The number of H-pyrrole nitrogens is 1. The minimum atomic E-state index is -1.50. The van der Waals surface area contributed by atoms with Crippen LogP contribution in [0.4, 0.5) is 5.69 Å². The van der Waals surface area contributed by atoms with Gasteiger partial charge in [-0.05, 0) is 20.8 Å². The number of aliphatic hydroxyl groups is 3. The highest BCUT2D eigenvalue weighted by atomic mass is 16.6. The SMILES string of the molecule is CC(C)(C)N([O])c1cn([C@@H]2O[C@H](CO)[C@@H](O)[C@H]2O)c(=O)[nH]c1=O. The molecule has 0 aliphatic carbocycles. The number of rotatable bonds is 3. The van der Waals surface area contributed by atoms with Crippen LogP contribution >= 0.6 is 0 Å². The molecule has 4 N–H and O–H groups in total. The number of hydroxylamine groups is 1. The summed E-state index contributed by atoms with van der Waals surface area (Å²) in [6.07, 6.45) is -4.35. The molecule has 1 radical (unpaired) electrons. The summed E-state index contributed by atoms with van der Waals surface area (Å²) >= 11 is 0. The topological polar surface area (TPSA) is 148 Å². The zero-order valence-electron chi connectivity index (χ0n) is 13.0. The summed E-state index contributed by atoms with van der Waals surface area (Å²) in [5.74, 6) is 0. The summed E-state index contributed by atoms with van der Waals surface area (Å²) in [6, 6.07) is 0. The lowest BCUT2D eigenvalue weighted by Crippen LogP contribution is -2.44. The Hall–Kier alpha value is -1.72. The van der Waals surface area contributed by atoms with Crippen LogP contribution in [0.5, 0.6) is 0 Å². The van der Waals surface area contributed by atoms with Gasteiger partial charge in [0.1, 0.15) is 24.0 Å². The molecule has 0 bridgehead atoms. The van der Waals surface area contributed by atoms with E-state index in [2.05, 4.69) is 0 Å². The van der Waals surface area contributed by atoms with Crippen molar-refractivity contribution >= 4 is 5.69 Å². The van der Waals surface area contributed by atoms with Gasteiger partial charge in [0.25, 0.3) is 5.56 Å². The van der Waals surface area contributed by atoms with Gasteiger partial charge in [0.05, 0.1) is 12.1 Å². The fourth-order valence-electron chi connectivity index (χ4n) is 2.28. The summed E-state index contributed by atoms with van der Waals surface area (Å²) in [7, 11) is 0. The summed E-state index contributed by atoms with van der Waals surface area (Å²) in [5.41, 5.74) is -3.05. The molecule has 4 atom stereocenters. The Morgan fingerprint density at radius 2 is 1.91 bits per heavy atom. The number of aromatic amines is 1. The molecule has 0 saturated carbocycles. The molecule has 1 aromatic heterocycles. The van der Waals surface area contributed by atoms with Crippen LogP contribution in [-0.2, 0) is 9.94 Å². The first-order valence-corrected chi connectivity index (χ1v) is 7.03. The summed E-state index contributed by atoms with van der Waals surface area (Å²) in [5, 5.41) is 41.5. The fraction of sp³-hybridized carbons (Fsp3) is 0.692. The second-order valence-electron chi connectivity index (χ2n) is 6.37. The van der Waals surface area contributed by atoms with Crippen LogP contribution in [0.3, 0.4) is 0 Å². The minimum Gasteiger partial charge on any atom is -0.394 e. The Balaban J connectivity index is 2.49. The predicted molar refractivity (Wildman–Crippen MR) is 77.3 cm³/mol. The molecule has 1 aliphatic rings. The number of ether oxygens (including phenoxy) is 1. The van der Waals surface area contributed by atoms with E-state index >= 15 is 0 Å². The molecule has 0 aromatic carbocycles. The zero-order valence-corrected chi connectivity index (χ0v) is 13.0. The first-order chi connectivity index (χ1) is 10.6. The van der Waals surface area contributed by atoms with E-state index in [1.807, 2.05) is 4.98 Å². The van der Waals surface area contributed by atoms with E-state index in [9.17, 15) is 25.0 Å². The normalized spacial score (nSPS) is 28.1. The quantitative estimate of drug-likeness (QED) is 0.473. The van der Waals surface area contributed by atoms with Crippen LogP contribution in [0.25, 0.3) is 0 Å². The minimum absolute atomic E-state index is 0.338. The third kappa shape index (κ3) is 3.16. The Bertz CT molecular complexity index is 677. The van der Waals surface area contributed by atoms with Crippen molar-refractivity contribution in [3.63, 3.8) is 0 Å². The van der Waals surface area contributed by atoms with E-state index in [0.717, 1.165) is 10.8 Å². The van der Waals surface area contributed by atoms with Gasteiger partial charge in [0, 0.05) is 6.20 Å². The van der Waals surface area contributed by atoms with Crippen molar-refractivity contribution in [1.29, 1.82) is 0 Å². The zero-order chi connectivity index (χ0) is 17.5. The molecule has 23 heavy (non-hydrogen) atoms. The Kier molecular flexibility index (Phi) is 4.64. The molecular formula is C13H20N3O7. The maximum atomic E-state index is 12.2. The molecule has 1 fully saturated rings. The van der Waals surface area contributed by atoms with Gasteiger partial charge in [0.15, 0.2) is 6.23 Å². The van der Waals surface area contributed by atoms with Gasteiger partial charge >= 0.3 is 5.69 Å². The van der Waals surface area contributed by atoms with Gasteiger partial charge in [-0.25, -0.2) is 9.86 Å². The molecular weight excluding hydrogens is 310 g/mol. The van der Waals surface area contributed by atoms with Crippen LogP contribution in [-0.4, -0.2) is 55.3 Å². The standard InChI is InChI=1S/C13H20N3O7/c1-13(2,3)16(22)6-4-15(12(21)14-10(6)20)11-9(19)8(18)7(5-17)23-11/h4,7-9,11,17-19H,5H2,1-3H3,(H,14,20,21)/t7-,8-,9-,11-/m1/s1. The van der Waals surface area contributed by atoms with E-state index in [1.165, 1.54) is 0 Å². The predicted octanol–water partition coefficient (Wildman–Crippen LogP) is -1.90. The van der Waals surface area contributed by atoms with Crippen molar-refractivity contribution in [3.8, 4) is 0 Å². The smallest absolute Gasteiger partial charge is 0.330 e. The molecule has 10 nitrogen and oxygen atoms in total. The van der Waals surface area contributed by atoms with Gasteiger partial charge in [0.2, 0.25) is 0 Å². The Morgan fingerprint density at radius 3 is 2.39 bits per heavy atom. The molecule has 2 heterocycles. The Morgan fingerprint density at radius 1 is 1.30 bits per heavy atom. The first-order valence-electron chi connectivity index (χ1n) is 7.03. The molecule has 1 aromatic rings. The number of anilines is 1. The van der Waals surface area contributed by atoms with Crippen molar-refractivity contribution < 1.29 is 25.3 Å². The second kappa shape index (κ2) is 6.06. The lowest BCUT2D eigenvalue weighted by atomic mass is 10.1. The average Bonchev–Trinajstić information content (AvgIpc) is 2.73. The van der Waals surface area contributed by atoms with Crippen molar-refractivity contribution in [1.82, 2.24) is 9.55 Å². The van der Waals surface area contributed by atoms with E-state index in [4.69, 9.17) is 9.84 Å². The molecule has 1 aliphatic heterocycles. The highest BCUT2D eigenvalue weighted by molar-refractivity contribution is 5.40. The maximum Gasteiger partial charge on any atom is 0.330 e. The van der Waals surface area contributed by atoms with Gasteiger partial charge in [-0.15, -0.1) is 0 Å². The van der Waals surface area contributed by atoms with E-state index in [0.29, 0.717) is 5.06 Å². The van der Waals surface area contributed by atoms with Crippen LogP contribution < -0.4 is 16.3 Å². The van der Waals surface area contributed by atoms with E-state index < -0.39 is 47.9 Å². The second-order valence-corrected chi connectivity index (χ2v) is 6.37. The van der Waals surface area contributed by atoms with Crippen molar-refractivity contribution in [2.24, 2.45) is 0 Å². The maximum absolute atomic E-state index is 12.2. The van der Waals surface area contributed by atoms with Gasteiger partial charge in [-0.2, -0.15) is 0 Å². The van der Waals surface area contributed by atoms with E-state index in [1.54, 1.807) is 20.8 Å². The number of aromatic nitrogens is 2. The molecule has 129 valence electrons. The third-order valence-corrected chi connectivity index (χ3v) is 3.57. The number of hydrogen-bond donors (Lipinski definition) is 4. The fourth-order valence-corrected chi connectivity index (χ4v) is 2.28. The third-order valence-electron chi connectivity index (χ3n) is 3.57. The highest BCUT2D eigenvalue weighted by Gasteiger charge is 2.44. The molecule has 2 rings (SSSR count). The van der Waals surface area contributed by atoms with Crippen molar-refractivity contribution in [2.75, 3.05) is 11.7 Å². The van der Waals surface area contributed by atoms with Crippen molar-refractivity contribution in [2.45, 2.75) is 50.8 Å². The summed E-state index contributed by atoms with van der Waals surface area (Å²) in [6.45, 7) is 4.19. The van der Waals surface area contributed by atoms with Crippen molar-refractivity contribution in [3.05, 3.63) is 27.0 Å². The van der Waals surface area contributed by atoms with Crippen LogP contribution in [0.15, 0.2) is 15.8 Å². The highest BCUT2D eigenvalue weighted by Crippen LogP contribution is 2.29. The average molecular weight is 330 g/mol. The van der Waals surface area contributed by atoms with Crippen LogP contribution in [0.1, 0.15) is 27.0 Å². The van der Waals surface area contributed by atoms with Crippen LogP contribution in [0, 0.1) is 0 Å². The number of aliphatic hydroxyl groups excluding tert-OH is 3. The summed E-state index contributed by atoms with van der Waals surface area (Å²) in [4.78, 5) is 25.8. The number of hydrogen-bond acceptors (Lipinski definition) is 7. The number of nitrogens with zero attached hydrogens (tertiary/aromatic N) is 2. The molecule has 0 unspecified atom stereocenters. The number of nitrogens with one attached hydrogen (secondary N) is 1. The monoisotopic (exact) mass is 330 g/mol. The molecule has 10 heteroatoms. The lowest BCUT2D eigenvalue weighted by molar-refractivity contribution is -0.0551. The Labute approximate surface area is 131 Å². The molecule has 1 saturated heterocycles. The van der Waals surface area contributed by atoms with Crippen LogP contribution in [0.2, 0.25) is 0 Å². The largest absolute Gasteiger partial charge is 0.394 e. The summed E-state index contributed by atoms with van der Waals surface area (Å²) < 4.78 is 6.05. The lowest BCUT2D eigenvalue weighted by Gasteiger charge is -2.28. The first kappa shape index (κ1) is 17.6. The molecule has 0 amide bonds. The van der Waals surface area contributed by atoms with Gasteiger partial charge < -0.3 is 20.1 Å².